The lowest BCUT2D eigenvalue weighted by Crippen LogP contribution is -2.35. The number of amides is 1. The largest absolute Gasteiger partial charge is 0.399 e. The molecule has 3 rings (SSSR count). The highest BCUT2D eigenvalue weighted by atomic mass is 19.1. The molecule has 0 atom stereocenters. The third-order valence-electron chi connectivity index (χ3n) is 3.62. The molecule has 0 aliphatic heterocycles. The highest BCUT2D eigenvalue weighted by Crippen LogP contribution is 2.35. The quantitative estimate of drug-likeness (QED) is 0.832. The van der Waals surface area contributed by atoms with Gasteiger partial charge in [0.1, 0.15) is 5.82 Å². The standard InChI is InChI=1S/C14H17FN2O/c15-13-7-10(16)3-6-12(13)14(18)17(11-4-5-11)8-9-1-2-9/h3,6-7,9,11H,1-2,4-5,8,16H2. The predicted molar refractivity (Wildman–Crippen MR) is 67.6 cm³/mol. The monoisotopic (exact) mass is 248 g/mol. The third-order valence-corrected chi connectivity index (χ3v) is 3.62. The van der Waals surface area contributed by atoms with E-state index in [4.69, 9.17) is 5.73 Å². The van der Waals surface area contributed by atoms with Gasteiger partial charge in [0.05, 0.1) is 5.56 Å². The zero-order valence-corrected chi connectivity index (χ0v) is 10.2. The smallest absolute Gasteiger partial charge is 0.257 e. The number of nitrogen functional groups attached to an aromatic ring is 1. The summed E-state index contributed by atoms with van der Waals surface area (Å²) in [6.45, 7) is 0.785. The Bertz CT molecular complexity index is 481. The first-order valence-electron chi connectivity index (χ1n) is 6.51. The molecule has 2 N–H and O–H groups in total. The van der Waals surface area contributed by atoms with E-state index >= 15 is 0 Å². The second kappa shape index (κ2) is 4.26. The first-order chi connectivity index (χ1) is 8.65. The number of nitrogens with two attached hydrogens (primary N) is 1. The summed E-state index contributed by atoms with van der Waals surface area (Å²) in [5, 5.41) is 0. The van der Waals surface area contributed by atoms with Gasteiger partial charge in [0.25, 0.3) is 5.91 Å². The van der Waals surface area contributed by atoms with Crippen LogP contribution in [0.25, 0.3) is 0 Å². The van der Waals surface area contributed by atoms with E-state index in [0.717, 1.165) is 19.4 Å². The minimum Gasteiger partial charge on any atom is -0.399 e. The van der Waals surface area contributed by atoms with Crippen LogP contribution in [0.1, 0.15) is 36.0 Å². The Balaban J connectivity index is 1.81. The van der Waals surface area contributed by atoms with Crippen LogP contribution in [-0.2, 0) is 0 Å². The summed E-state index contributed by atoms with van der Waals surface area (Å²) in [5.74, 6) is -0.0604. The average Bonchev–Trinajstić information content (AvgIpc) is 3.18. The maximum absolute atomic E-state index is 13.8. The topological polar surface area (TPSA) is 46.3 Å². The van der Waals surface area contributed by atoms with Crippen molar-refractivity contribution in [1.82, 2.24) is 4.90 Å². The van der Waals surface area contributed by atoms with Crippen molar-refractivity contribution in [3.63, 3.8) is 0 Å². The third kappa shape index (κ3) is 2.33. The van der Waals surface area contributed by atoms with Crippen molar-refractivity contribution in [2.24, 2.45) is 5.92 Å². The molecule has 4 heteroatoms. The molecule has 2 saturated carbocycles. The van der Waals surface area contributed by atoms with E-state index in [1.54, 1.807) is 6.07 Å². The Morgan fingerprint density at radius 2 is 2.06 bits per heavy atom. The van der Waals surface area contributed by atoms with Gasteiger partial charge >= 0.3 is 0 Å². The minimum atomic E-state index is -0.513. The van der Waals surface area contributed by atoms with Crippen LogP contribution in [0.15, 0.2) is 18.2 Å². The van der Waals surface area contributed by atoms with Gasteiger partial charge in [-0.2, -0.15) is 0 Å². The first-order valence-corrected chi connectivity index (χ1v) is 6.51. The average molecular weight is 248 g/mol. The molecular weight excluding hydrogens is 231 g/mol. The van der Waals surface area contributed by atoms with Crippen LogP contribution in [0, 0.1) is 11.7 Å². The van der Waals surface area contributed by atoms with E-state index < -0.39 is 5.82 Å². The van der Waals surface area contributed by atoms with E-state index in [-0.39, 0.29) is 11.5 Å². The Kier molecular flexibility index (Phi) is 2.73. The zero-order valence-electron chi connectivity index (χ0n) is 10.2. The Morgan fingerprint density at radius 1 is 1.33 bits per heavy atom. The van der Waals surface area contributed by atoms with Crippen molar-refractivity contribution in [3.05, 3.63) is 29.6 Å². The highest BCUT2D eigenvalue weighted by molar-refractivity contribution is 5.95. The molecule has 1 aromatic carbocycles. The van der Waals surface area contributed by atoms with Gasteiger partial charge in [-0.15, -0.1) is 0 Å². The lowest BCUT2D eigenvalue weighted by atomic mass is 10.1. The summed E-state index contributed by atoms with van der Waals surface area (Å²) in [7, 11) is 0. The van der Waals surface area contributed by atoms with Crippen LogP contribution in [0.5, 0.6) is 0 Å². The molecule has 0 aromatic heterocycles. The molecule has 18 heavy (non-hydrogen) atoms. The number of halogens is 1. The maximum Gasteiger partial charge on any atom is 0.257 e. The summed E-state index contributed by atoms with van der Waals surface area (Å²) in [5.41, 5.74) is 6.00. The SMILES string of the molecule is Nc1ccc(C(=O)N(CC2CC2)C2CC2)c(F)c1. The molecule has 0 spiro atoms. The second-order valence-corrected chi connectivity index (χ2v) is 5.37. The molecule has 1 aromatic rings. The fourth-order valence-electron chi connectivity index (χ4n) is 2.22. The van der Waals surface area contributed by atoms with Gasteiger partial charge in [0.15, 0.2) is 0 Å². The summed E-state index contributed by atoms with van der Waals surface area (Å²) < 4.78 is 13.8. The van der Waals surface area contributed by atoms with Crippen molar-refractivity contribution < 1.29 is 9.18 Å². The number of hydrogen-bond acceptors (Lipinski definition) is 2. The van der Waals surface area contributed by atoms with Gasteiger partial charge in [-0.25, -0.2) is 4.39 Å². The predicted octanol–water partition coefficient (Wildman–Crippen LogP) is 2.42. The van der Waals surface area contributed by atoms with E-state index in [1.165, 1.54) is 25.0 Å². The van der Waals surface area contributed by atoms with Gasteiger partial charge in [-0.3, -0.25) is 4.79 Å². The second-order valence-electron chi connectivity index (χ2n) is 5.37. The van der Waals surface area contributed by atoms with E-state index in [9.17, 15) is 9.18 Å². The maximum atomic E-state index is 13.8. The van der Waals surface area contributed by atoms with Crippen LogP contribution in [-0.4, -0.2) is 23.4 Å². The van der Waals surface area contributed by atoms with Gasteiger partial charge in [-0.1, -0.05) is 0 Å². The van der Waals surface area contributed by atoms with Crippen molar-refractivity contribution in [2.75, 3.05) is 12.3 Å². The lowest BCUT2D eigenvalue weighted by Gasteiger charge is -2.22. The van der Waals surface area contributed by atoms with Crippen LogP contribution < -0.4 is 5.73 Å². The van der Waals surface area contributed by atoms with Crippen LogP contribution >= 0.6 is 0 Å². The van der Waals surface area contributed by atoms with Crippen LogP contribution in [0.3, 0.4) is 0 Å². The van der Waals surface area contributed by atoms with Crippen molar-refractivity contribution in [2.45, 2.75) is 31.7 Å². The summed E-state index contributed by atoms with van der Waals surface area (Å²) in [6.07, 6.45) is 4.49. The van der Waals surface area contributed by atoms with Crippen LogP contribution in [0.2, 0.25) is 0 Å². The fourth-order valence-corrected chi connectivity index (χ4v) is 2.22. The Labute approximate surface area is 106 Å². The molecule has 0 radical (unpaired) electrons. The van der Waals surface area contributed by atoms with E-state index in [1.807, 2.05) is 4.90 Å². The normalized spacial score (nSPS) is 18.7. The van der Waals surface area contributed by atoms with Gasteiger partial charge < -0.3 is 10.6 Å². The van der Waals surface area contributed by atoms with Gasteiger partial charge in [-0.05, 0) is 49.8 Å². The van der Waals surface area contributed by atoms with Crippen molar-refractivity contribution in [3.8, 4) is 0 Å². The molecule has 2 aliphatic carbocycles. The molecule has 0 saturated heterocycles. The first kappa shape index (κ1) is 11.5. The minimum absolute atomic E-state index is 0.150. The highest BCUT2D eigenvalue weighted by Gasteiger charge is 2.37. The number of carbonyl (C=O) groups is 1. The van der Waals surface area contributed by atoms with E-state index in [0.29, 0.717) is 17.6 Å². The molecule has 3 nitrogen and oxygen atoms in total. The van der Waals surface area contributed by atoms with Crippen LogP contribution in [0.4, 0.5) is 10.1 Å². The van der Waals surface area contributed by atoms with Gasteiger partial charge in [0, 0.05) is 18.3 Å². The number of carbonyl (C=O) groups excluding carboxylic acids is 1. The van der Waals surface area contributed by atoms with E-state index in [2.05, 4.69) is 0 Å². The molecule has 2 aliphatic rings. The summed E-state index contributed by atoms with van der Waals surface area (Å²) >= 11 is 0. The Morgan fingerprint density at radius 3 is 2.61 bits per heavy atom. The summed E-state index contributed by atoms with van der Waals surface area (Å²) in [4.78, 5) is 14.2. The molecule has 0 bridgehead atoms. The summed E-state index contributed by atoms with van der Waals surface area (Å²) in [6, 6.07) is 4.62. The number of rotatable bonds is 4. The molecule has 0 heterocycles. The number of benzene rings is 1. The van der Waals surface area contributed by atoms with Gasteiger partial charge in [0.2, 0.25) is 0 Å². The fraction of sp³-hybridized carbons (Fsp3) is 0.500. The molecule has 2 fully saturated rings. The zero-order chi connectivity index (χ0) is 12.7. The lowest BCUT2D eigenvalue weighted by molar-refractivity contribution is 0.0730. The molecule has 1 amide bonds. The molecular formula is C14H17FN2O. The Hall–Kier alpha value is -1.58. The number of hydrogen-bond donors (Lipinski definition) is 1. The molecule has 0 unspecified atom stereocenters. The van der Waals surface area contributed by atoms with Crippen molar-refractivity contribution >= 4 is 11.6 Å². The molecule has 96 valence electrons. The van der Waals surface area contributed by atoms with Crippen molar-refractivity contribution in [1.29, 1.82) is 0 Å². The number of anilines is 1. The number of nitrogens with zero attached hydrogens (tertiary/aromatic N) is 1.